The van der Waals surface area contributed by atoms with E-state index in [1.54, 1.807) is 12.1 Å². The fourth-order valence-electron chi connectivity index (χ4n) is 2.52. The molecule has 0 amide bonds. The van der Waals surface area contributed by atoms with Gasteiger partial charge in [-0.25, -0.2) is 0 Å². The molecular weight excluding hydrogens is 379 g/mol. The fourth-order valence-corrected chi connectivity index (χ4v) is 2.99. The van der Waals surface area contributed by atoms with Crippen LogP contribution in [0.5, 0.6) is 11.6 Å². The first-order valence-electron chi connectivity index (χ1n) is 7.79. The van der Waals surface area contributed by atoms with Crippen LogP contribution in [0.1, 0.15) is 34.8 Å². The second kappa shape index (κ2) is 8.26. The number of ether oxygens (including phenoxy) is 1. The van der Waals surface area contributed by atoms with Crippen molar-refractivity contribution in [1.29, 1.82) is 5.26 Å². The summed E-state index contributed by atoms with van der Waals surface area (Å²) in [7, 11) is 0. The maximum Gasteiger partial charge on any atom is 0.271 e. The molecule has 1 aromatic carbocycles. The Labute approximate surface area is 160 Å². The molecular formula is C18H16Cl2N2O4. The number of ketones is 1. The minimum atomic E-state index is -0.623. The number of pyridine rings is 1. The molecule has 0 radical (unpaired) electrons. The van der Waals surface area contributed by atoms with E-state index in [1.165, 1.54) is 19.1 Å². The van der Waals surface area contributed by atoms with Gasteiger partial charge in [0.2, 0.25) is 11.7 Å². The predicted molar refractivity (Wildman–Crippen MR) is 98.4 cm³/mol. The summed E-state index contributed by atoms with van der Waals surface area (Å²) in [4.78, 5) is 24.9. The summed E-state index contributed by atoms with van der Waals surface area (Å²) in [5.74, 6) is -0.791. The van der Waals surface area contributed by atoms with Crippen LogP contribution in [-0.4, -0.2) is 22.1 Å². The summed E-state index contributed by atoms with van der Waals surface area (Å²) in [6.45, 7) is 3.01. The van der Waals surface area contributed by atoms with Gasteiger partial charge in [-0.2, -0.15) is 5.26 Å². The minimum Gasteiger partial charge on any atom is -0.494 e. The molecule has 0 aliphatic rings. The van der Waals surface area contributed by atoms with Crippen molar-refractivity contribution in [3.05, 3.63) is 55.3 Å². The minimum absolute atomic E-state index is 0.111. The SMILES string of the molecule is CCCn1c(O)c(C(=O)COc2ccc(Cl)cc2Cl)c(C)c(C#N)c1=O. The highest BCUT2D eigenvalue weighted by Crippen LogP contribution is 2.28. The van der Waals surface area contributed by atoms with Crippen LogP contribution < -0.4 is 10.3 Å². The molecule has 0 saturated heterocycles. The molecule has 2 rings (SSSR count). The third-order valence-corrected chi connectivity index (χ3v) is 4.31. The number of aromatic hydroxyl groups is 1. The van der Waals surface area contributed by atoms with Crippen LogP contribution in [0.25, 0.3) is 0 Å². The molecule has 0 aliphatic carbocycles. The molecule has 1 heterocycles. The lowest BCUT2D eigenvalue weighted by molar-refractivity contribution is 0.0916. The zero-order chi connectivity index (χ0) is 19.4. The third kappa shape index (κ3) is 3.85. The average Bonchev–Trinajstić information content (AvgIpc) is 2.58. The number of hydrogen-bond donors (Lipinski definition) is 1. The summed E-state index contributed by atoms with van der Waals surface area (Å²) in [6, 6.07) is 6.35. The topological polar surface area (TPSA) is 92.3 Å². The Morgan fingerprint density at radius 3 is 2.65 bits per heavy atom. The van der Waals surface area contributed by atoms with Crippen LogP contribution in [0.15, 0.2) is 23.0 Å². The second-order valence-corrected chi connectivity index (χ2v) is 6.40. The lowest BCUT2D eigenvalue weighted by atomic mass is 10.0. The Morgan fingerprint density at radius 1 is 1.38 bits per heavy atom. The van der Waals surface area contributed by atoms with Crippen molar-refractivity contribution in [2.45, 2.75) is 26.8 Å². The molecule has 0 spiro atoms. The van der Waals surface area contributed by atoms with Crippen LogP contribution in [0.3, 0.4) is 0 Å². The number of nitriles is 1. The Morgan fingerprint density at radius 2 is 2.08 bits per heavy atom. The molecule has 8 heteroatoms. The standard InChI is InChI=1S/C18H16Cl2N2O4/c1-3-6-22-17(24)12(8-21)10(2)16(18(22)25)14(23)9-26-15-5-4-11(19)7-13(15)20/h4-5,7,25H,3,6,9H2,1-2H3. The van der Waals surface area contributed by atoms with Gasteiger partial charge in [-0.3, -0.25) is 14.2 Å². The highest BCUT2D eigenvalue weighted by molar-refractivity contribution is 6.35. The highest BCUT2D eigenvalue weighted by atomic mass is 35.5. The number of Topliss-reactive ketones (excluding diaryl/α,β-unsaturated/α-hetero) is 1. The fraction of sp³-hybridized carbons (Fsp3) is 0.278. The normalized spacial score (nSPS) is 10.4. The molecule has 0 saturated carbocycles. The molecule has 0 atom stereocenters. The highest BCUT2D eigenvalue weighted by Gasteiger charge is 2.24. The van der Waals surface area contributed by atoms with E-state index in [0.717, 1.165) is 4.57 Å². The number of halogens is 2. The van der Waals surface area contributed by atoms with Gasteiger partial charge in [0.15, 0.2) is 6.61 Å². The number of aromatic nitrogens is 1. The molecule has 0 aliphatic heterocycles. The lowest BCUT2D eigenvalue weighted by Gasteiger charge is -2.15. The first kappa shape index (κ1) is 19.8. The van der Waals surface area contributed by atoms with E-state index in [2.05, 4.69) is 0 Å². The van der Waals surface area contributed by atoms with Crippen LogP contribution in [0.2, 0.25) is 10.0 Å². The van der Waals surface area contributed by atoms with Gasteiger partial charge in [0.05, 0.1) is 10.6 Å². The molecule has 2 aromatic rings. The number of nitrogens with zero attached hydrogens (tertiary/aromatic N) is 2. The van der Waals surface area contributed by atoms with Crippen LogP contribution in [-0.2, 0) is 6.54 Å². The van der Waals surface area contributed by atoms with Crippen molar-refractivity contribution >= 4 is 29.0 Å². The van der Waals surface area contributed by atoms with Gasteiger partial charge in [0.1, 0.15) is 17.4 Å². The lowest BCUT2D eigenvalue weighted by Crippen LogP contribution is -2.27. The molecule has 0 bridgehead atoms. The predicted octanol–water partition coefficient (Wildman–Crippen LogP) is 3.71. The molecule has 1 aromatic heterocycles. The number of rotatable bonds is 6. The Hall–Kier alpha value is -2.49. The zero-order valence-electron chi connectivity index (χ0n) is 14.2. The maximum absolute atomic E-state index is 12.6. The van der Waals surface area contributed by atoms with Crippen LogP contribution in [0.4, 0.5) is 0 Å². The molecule has 26 heavy (non-hydrogen) atoms. The Kier molecular flexibility index (Phi) is 6.30. The van der Waals surface area contributed by atoms with Crippen molar-refractivity contribution < 1.29 is 14.6 Å². The third-order valence-electron chi connectivity index (χ3n) is 3.78. The molecule has 1 N–H and O–H groups in total. The smallest absolute Gasteiger partial charge is 0.271 e. The van der Waals surface area contributed by atoms with Gasteiger partial charge in [0.25, 0.3) is 5.56 Å². The van der Waals surface area contributed by atoms with Crippen molar-refractivity contribution in [2.24, 2.45) is 0 Å². The summed E-state index contributed by atoms with van der Waals surface area (Å²) in [5, 5.41) is 20.3. The summed E-state index contributed by atoms with van der Waals surface area (Å²) < 4.78 is 6.42. The van der Waals surface area contributed by atoms with Crippen molar-refractivity contribution in [1.82, 2.24) is 4.57 Å². The zero-order valence-corrected chi connectivity index (χ0v) is 15.7. The second-order valence-electron chi connectivity index (χ2n) is 5.55. The van der Waals surface area contributed by atoms with Crippen molar-refractivity contribution in [3.63, 3.8) is 0 Å². The van der Waals surface area contributed by atoms with Gasteiger partial charge >= 0.3 is 0 Å². The Bertz CT molecular complexity index is 961. The summed E-state index contributed by atoms with van der Waals surface area (Å²) >= 11 is 11.8. The van der Waals surface area contributed by atoms with E-state index < -0.39 is 23.8 Å². The van der Waals surface area contributed by atoms with Crippen LogP contribution >= 0.6 is 23.2 Å². The molecule has 0 fully saturated rings. The van der Waals surface area contributed by atoms with Crippen molar-refractivity contribution in [2.75, 3.05) is 6.61 Å². The monoisotopic (exact) mass is 394 g/mol. The maximum atomic E-state index is 12.6. The Balaban J connectivity index is 2.40. The van der Waals surface area contributed by atoms with Crippen LogP contribution in [0, 0.1) is 18.3 Å². The summed E-state index contributed by atoms with van der Waals surface area (Å²) in [6.07, 6.45) is 0.548. The largest absolute Gasteiger partial charge is 0.494 e. The van der Waals surface area contributed by atoms with E-state index in [9.17, 15) is 20.0 Å². The van der Waals surface area contributed by atoms with Gasteiger partial charge in [0, 0.05) is 11.6 Å². The first-order chi connectivity index (χ1) is 12.3. The number of benzene rings is 1. The molecule has 136 valence electrons. The van der Waals surface area contributed by atoms with Gasteiger partial charge < -0.3 is 9.84 Å². The molecule has 6 nitrogen and oxygen atoms in total. The molecule has 0 unspecified atom stereocenters. The van der Waals surface area contributed by atoms with E-state index in [1.807, 2.05) is 6.92 Å². The number of carbonyl (C=O) groups excluding carboxylic acids is 1. The first-order valence-corrected chi connectivity index (χ1v) is 8.54. The average molecular weight is 395 g/mol. The van der Waals surface area contributed by atoms with Gasteiger partial charge in [-0.05, 0) is 37.1 Å². The van der Waals surface area contributed by atoms with E-state index in [-0.39, 0.29) is 34.0 Å². The number of carbonyl (C=O) groups is 1. The van der Waals surface area contributed by atoms with Gasteiger partial charge in [-0.15, -0.1) is 0 Å². The van der Waals surface area contributed by atoms with E-state index in [4.69, 9.17) is 27.9 Å². The van der Waals surface area contributed by atoms with E-state index >= 15 is 0 Å². The van der Waals surface area contributed by atoms with E-state index in [0.29, 0.717) is 11.4 Å². The quantitative estimate of drug-likeness (QED) is 0.753. The summed E-state index contributed by atoms with van der Waals surface area (Å²) in [5.41, 5.74) is -0.787. The number of hydrogen-bond acceptors (Lipinski definition) is 5. The van der Waals surface area contributed by atoms with Crippen molar-refractivity contribution in [3.8, 4) is 17.7 Å². The van der Waals surface area contributed by atoms with Gasteiger partial charge in [-0.1, -0.05) is 30.1 Å².